The molecule has 0 amide bonds. The van der Waals surface area contributed by atoms with Crippen LogP contribution in [-0.4, -0.2) is 42.1 Å². The number of nitrogens with zero attached hydrogens (tertiary/aromatic N) is 5. The van der Waals surface area contributed by atoms with Crippen molar-refractivity contribution in [3.05, 3.63) is 86.2 Å². The first-order valence-electron chi connectivity index (χ1n) is 13.3. The number of hydrogen-bond donors (Lipinski definition) is 1. The first-order valence-corrected chi connectivity index (χ1v) is 13.3. The van der Waals surface area contributed by atoms with Gasteiger partial charge in [0.05, 0.1) is 24.3 Å². The lowest BCUT2D eigenvalue weighted by Gasteiger charge is -2.45. The monoisotopic (exact) mass is 529 g/mol. The molecule has 10 nitrogen and oxygen atoms in total. The van der Waals surface area contributed by atoms with Gasteiger partial charge in [-0.15, -0.1) is 5.10 Å². The van der Waals surface area contributed by atoms with Crippen molar-refractivity contribution in [2.24, 2.45) is 0 Å². The van der Waals surface area contributed by atoms with Crippen LogP contribution in [0.15, 0.2) is 58.4 Å². The third kappa shape index (κ3) is 4.29. The molecule has 3 aromatic heterocycles. The fourth-order valence-corrected chi connectivity index (χ4v) is 5.21. The van der Waals surface area contributed by atoms with Crippen LogP contribution in [0.4, 0.5) is 0 Å². The number of benzene rings is 1. The Morgan fingerprint density at radius 1 is 1.18 bits per heavy atom. The van der Waals surface area contributed by atoms with Crippen LogP contribution in [-0.2, 0) is 13.1 Å². The third-order valence-electron chi connectivity index (χ3n) is 7.98. The Balaban J connectivity index is 1.38. The van der Waals surface area contributed by atoms with Gasteiger partial charge in [-0.2, -0.15) is 0 Å². The Morgan fingerprint density at radius 3 is 2.67 bits per heavy atom. The number of ether oxygens (including phenoxy) is 1. The zero-order chi connectivity index (χ0) is 27.5. The molecular weight excluding hydrogens is 498 g/mol. The summed E-state index contributed by atoms with van der Waals surface area (Å²) in [7, 11) is 0. The van der Waals surface area contributed by atoms with E-state index in [-0.39, 0.29) is 23.4 Å². The van der Waals surface area contributed by atoms with E-state index < -0.39 is 11.4 Å². The molecule has 2 aliphatic rings. The molecule has 1 saturated carbocycles. The average Bonchev–Trinajstić information content (AvgIpc) is 3.71. The van der Waals surface area contributed by atoms with Crippen LogP contribution in [0.25, 0.3) is 16.9 Å². The summed E-state index contributed by atoms with van der Waals surface area (Å²) in [6.07, 6.45) is 6.08. The minimum Gasteiger partial charge on any atom is -0.491 e. The van der Waals surface area contributed by atoms with Crippen LogP contribution in [0, 0.1) is 0 Å². The standard InChI is InChI=1S/C29H31N5O5/c1-4-29(2,3)34-16-19-13-25(39-12-11-32-28(38)31-10-6-5-7-26(31)30-32)21(18-8-9-18)14-20(19)23-15-24(35)22(27(36)37)17-33(23)34/h5-7,10,13-15,17-18H,4,8-9,11-12,16H2,1-3H3,(H,36,37). The highest BCUT2D eigenvalue weighted by Crippen LogP contribution is 2.47. The lowest BCUT2D eigenvalue weighted by molar-refractivity contribution is 0.0694. The van der Waals surface area contributed by atoms with E-state index in [1.165, 1.54) is 21.3 Å². The van der Waals surface area contributed by atoms with E-state index in [1.54, 1.807) is 18.3 Å². The van der Waals surface area contributed by atoms with E-state index in [2.05, 4.69) is 36.9 Å². The van der Waals surface area contributed by atoms with E-state index in [0.29, 0.717) is 30.3 Å². The lowest BCUT2D eigenvalue weighted by atomic mass is 9.93. The summed E-state index contributed by atoms with van der Waals surface area (Å²) in [4.78, 5) is 37.2. The number of hydrogen-bond acceptors (Lipinski definition) is 6. The molecule has 1 aromatic carbocycles. The number of aromatic carboxylic acids is 1. The van der Waals surface area contributed by atoms with Crippen molar-refractivity contribution >= 4 is 11.6 Å². The number of carbonyl (C=O) groups is 1. The topological polar surface area (TPSA) is 111 Å². The van der Waals surface area contributed by atoms with Gasteiger partial charge in [0.2, 0.25) is 0 Å². The highest BCUT2D eigenvalue weighted by atomic mass is 16.5. The van der Waals surface area contributed by atoms with Crippen molar-refractivity contribution in [1.82, 2.24) is 18.9 Å². The molecule has 4 heterocycles. The zero-order valence-electron chi connectivity index (χ0n) is 22.3. The fraction of sp³-hybridized carbons (Fsp3) is 0.379. The summed E-state index contributed by atoms with van der Waals surface area (Å²) in [6.45, 7) is 7.41. The number of rotatable bonds is 8. The highest BCUT2D eigenvalue weighted by molar-refractivity contribution is 5.88. The van der Waals surface area contributed by atoms with Crippen LogP contribution in [0.2, 0.25) is 0 Å². The molecule has 1 aliphatic heterocycles. The van der Waals surface area contributed by atoms with Gasteiger partial charge in [0.1, 0.15) is 17.9 Å². The summed E-state index contributed by atoms with van der Waals surface area (Å²) in [5.41, 5.74) is 2.98. The summed E-state index contributed by atoms with van der Waals surface area (Å²) in [5, 5.41) is 16.1. The number of carboxylic acids is 1. The zero-order valence-corrected chi connectivity index (χ0v) is 22.3. The summed E-state index contributed by atoms with van der Waals surface area (Å²) >= 11 is 0. The quantitative estimate of drug-likeness (QED) is 0.371. The third-order valence-corrected chi connectivity index (χ3v) is 7.98. The summed E-state index contributed by atoms with van der Waals surface area (Å²) in [6, 6.07) is 11.0. The minimum absolute atomic E-state index is 0.206. The molecule has 0 bridgehead atoms. The van der Waals surface area contributed by atoms with Crippen molar-refractivity contribution in [3.8, 4) is 17.0 Å². The minimum atomic E-state index is -1.23. The molecule has 0 spiro atoms. The predicted molar refractivity (Wildman–Crippen MR) is 146 cm³/mol. The average molecular weight is 530 g/mol. The Morgan fingerprint density at radius 2 is 1.97 bits per heavy atom. The Hall–Kier alpha value is -4.34. The van der Waals surface area contributed by atoms with Crippen LogP contribution in [0.3, 0.4) is 0 Å². The number of fused-ring (bicyclic) bond motifs is 4. The Labute approximate surface area is 224 Å². The molecule has 202 valence electrons. The summed E-state index contributed by atoms with van der Waals surface area (Å²) in [5.74, 6) is -0.0884. The van der Waals surface area contributed by atoms with Crippen molar-refractivity contribution in [1.29, 1.82) is 0 Å². The highest BCUT2D eigenvalue weighted by Gasteiger charge is 2.35. The van der Waals surface area contributed by atoms with Gasteiger partial charge in [0.15, 0.2) is 11.1 Å². The van der Waals surface area contributed by atoms with E-state index in [9.17, 15) is 19.5 Å². The van der Waals surface area contributed by atoms with Crippen molar-refractivity contribution in [3.63, 3.8) is 0 Å². The maximum Gasteiger partial charge on any atom is 0.350 e. The van der Waals surface area contributed by atoms with Crippen LogP contribution in [0.1, 0.15) is 67.4 Å². The van der Waals surface area contributed by atoms with Gasteiger partial charge in [-0.05, 0) is 74.4 Å². The van der Waals surface area contributed by atoms with Gasteiger partial charge in [0.25, 0.3) is 0 Å². The number of pyridine rings is 2. The molecule has 0 radical (unpaired) electrons. The molecule has 1 N–H and O–H groups in total. The largest absolute Gasteiger partial charge is 0.491 e. The lowest BCUT2D eigenvalue weighted by Crippen LogP contribution is -2.52. The van der Waals surface area contributed by atoms with E-state index in [0.717, 1.165) is 41.7 Å². The number of aromatic nitrogens is 4. The van der Waals surface area contributed by atoms with Crippen molar-refractivity contribution < 1.29 is 14.6 Å². The smallest absolute Gasteiger partial charge is 0.350 e. The molecule has 6 rings (SSSR count). The van der Waals surface area contributed by atoms with Crippen molar-refractivity contribution in [2.45, 2.75) is 64.6 Å². The first kappa shape index (κ1) is 25.0. The second-order valence-corrected chi connectivity index (χ2v) is 10.9. The molecule has 1 aliphatic carbocycles. The molecule has 10 heteroatoms. The van der Waals surface area contributed by atoms with Gasteiger partial charge in [-0.1, -0.05) is 13.0 Å². The van der Waals surface area contributed by atoms with Gasteiger partial charge < -0.3 is 14.9 Å². The second kappa shape index (κ2) is 9.14. The molecule has 0 saturated heterocycles. The SMILES string of the molecule is CCC(C)(C)N1Cc2cc(OCCn3nc4ccccn4c3=O)c(C3CC3)cc2-c2cc(=O)c(C(=O)O)cn21. The van der Waals surface area contributed by atoms with Gasteiger partial charge in [-0.25, -0.2) is 14.3 Å². The summed E-state index contributed by atoms with van der Waals surface area (Å²) < 4.78 is 11.1. The van der Waals surface area contributed by atoms with Crippen LogP contribution in [0.5, 0.6) is 5.75 Å². The molecule has 0 unspecified atom stereocenters. The maximum atomic E-state index is 12.8. The first-order chi connectivity index (χ1) is 18.7. The second-order valence-electron chi connectivity index (χ2n) is 10.9. The normalized spacial score (nSPS) is 14.8. The molecule has 4 aromatic rings. The van der Waals surface area contributed by atoms with Gasteiger partial charge in [0, 0.05) is 24.0 Å². The molecule has 39 heavy (non-hydrogen) atoms. The van der Waals surface area contributed by atoms with E-state index in [4.69, 9.17) is 4.74 Å². The molecular formula is C29H31N5O5. The molecule has 1 fully saturated rings. The maximum absolute atomic E-state index is 12.8. The van der Waals surface area contributed by atoms with Gasteiger partial charge >= 0.3 is 11.7 Å². The Kier molecular flexibility index (Phi) is 5.85. The van der Waals surface area contributed by atoms with Crippen molar-refractivity contribution in [2.75, 3.05) is 11.6 Å². The van der Waals surface area contributed by atoms with E-state index >= 15 is 0 Å². The molecule has 0 atom stereocenters. The predicted octanol–water partition coefficient (Wildman–Crippen LogP) is 3.62. The fourth-order valence-electron chi connectivity index (χ4n) is 5.21. The van der Waals surface area contributed by atoms with Gasteiger partial charge in [-0.3, -0.25) is 13.9 Å². The Bertz CT molecular complexity index is 1730. The van der Waals surface area contributed by atoms with Crippen LogP contribution >= 0.6 is 0 Å². The number of carboxylic acid groups (broad SMARTS) is 1. The van der Waals surface area contributed by atoms with E-state index in [1.807, 2.05) is 16.8 Å². The van der Waals surface area contributed by atoms with Crippen LogP contribution < -0.4 is 20.9 Å².